The Labute approximate surface area is 99.6 Å². The average Bonchev–Trinajstić information content (AvgIpc) is 2.30. The molecule has 0 saturated heterocycles. The van der Waals surface area contributed by atoms with Crippen LogP contribution >= 0.6 is 0 Å². The molecule has 4 nitrogen and oxygen atoms in total. The van der Waals surface area contributed by atoms with E-state index < -0.39 is 5.82 Å². The fraction of sp³-hybridized carbons (Fsp3) is 0.250. The summed E-state index contributed by atoms with van der Waals surface area (Å²) >= 11 is 0. The quantitative estimate of drug-likeness (QED) is 0.611. The second-order valence-electron chi connectivity index (χ2n) is 3.66. The molecule has 0 spiro atoms. The fourth-order valence-corrected chi connectivity index (χ4v) is 1.23. The summed E-state index contributed by atoms with van der Waals surface area (Å²) in [5.74, 6) is -0.410. The number of nitrogens with two attached hydrogens (primary N) is 1. The second-order valence-corrected chi connectivity index (χ2v) is 3.66. The number of nitrogens with zero attached hydrogens (tertiary/aromatic N) is 2. The van der Waals surface area contributed by atoms with Crippen molar-refractivity contribution in [3.8, 4) is 0 Å². The Hall–Kier alpha value is -2.04. The maximum absolute atomic E-state index is 13.6. The van der Waals surface area contributed by atoms with Crippen LogP contribution in [0.5, 0.6) is 0 Å². The van der Waals surface area contributed by atoms with Gasteiger partial charge in [-0.1, -0.05) is 13.0 Å². The van der Waals surface area contributed by atoms with E-state index >= 15 is 0 Å². The lowest BCUT2D eigenvalue weighted by molar-refractivity contribution is 0.628. The van der Waals surface area contributed by atoms with Gasteiger partial charge in [0.25, 0.3) is 0 Å². The molecule has 0 aliphatic carbocycles. The Morgan fingerprint density at radius 2 is 2.24 bits per heavy atom. The van der Waals surface area contributed by atoms with E-state index in [1.807, 2.05) is 0 Å². The summed E-state index contributed by atoms with van der Waals surface area (Å²) in [6.07, 6.45) is 2.27. The Balaban J connectivity index is 3.16. The Morgan fingerprint density at radius 1 is 1.53 bits per heavy atom. The molecule has 1 atom stereocenters. The molecule has 0 aliphatic heterocycles. The van der Waals surface area contributed by atoms with E-state index in [-0.39, 0.29) is 11.6 Å². The number of halogens is 1. The van der Waals surface area contributed by atoms with Gasteiger partial charge in [0.2, 0.25) is 0 Å². The number of aryl methyl sites for hydroxylation is 1. The molecule has 90 valence electrons. The Kier molecular flexibility index (Phi) is 4.51. The number of amidine groups is 1. The molecule has 3 N–H and O–H groups in total. The van der Waals surface area contributed by atoms with Gasteiger partial charge in [-0.3, -0.25) is 0 Å². The van der Waals surface area contributed by atoms with Crippen molar-refractivity contribution >= 4 is 24.1 Å². The molecule has 0 fully saturated rings. The molecule has 17 heavy (non-hydrogen) atoms. The minimum atomic E-state index is -0.410. The molecule has 0 amide bonds. The van der Waals surface area contributed by atoms with Crippen LogP contribution in [0.25, 0.3) is 0 Å². The standard InChI is InChI=1S/C12H15FN4/c1-8-3-4-11(10(13)5-8)17-12(16-7-15)9(2)6-14/h3-7,9,14H,1-2H3,(H2,15,16,17). The van der Waals surface area contributed by atoms with Crippen LogP contribution in [0.15, 0.2) is 28.2 Å². The largest absolute Gasteiger partial charge is 0.390 e. The molecule has 0 aromatic heterocycles. The zero-order chi connectivity index (χ0) is 12.8. The van der Waals surface area contributed by atoms with E-state index in [0.29, 0.717) is 5.84 Å². The zero-order valence-electron chi connectivity index (χ0n) is 9.81. The third-order valence-corrected chi connectivity index (χ3v) is 2.20. The molecule has 0 radical (unpaired) electrons. The highest BCUT2D eigenvalue weighted by Crippen LogP contribution is 2.20. The smallest absolute Gasteiger partial charge is 0.149 e. The monoisotopic (exact) mass is 234 g/mol. The molecule has 1 unspecified atom stereocenters. The van der Waals surface area contributed by atoms with Crippen LogP contribution in [-0.2, 0) is 0 Å². The minimum Gasteiger partial charge on any atom is -0.390 e. The highest BCUT2D eigenvalue weighted by atomic mass is 19.1. The Morgan fingerprint density at radius 3 is 2.76 bits per heavy atom. The summed E-state index contributed by atoms with van der Waals surface area (Å²) in [4.78, 5) is 7.91. The third kappa shape index (κ3) is 3.48. The number of nitrogens with one attached hydrogen (secondary N) is 1. The molecule has 1 rings (SSSR count). The van der Waals surface area contributed by atoms with Crippen molar-refractivity contribution < 1.29 is 4.39 Å². The lowest BCUT2D eigenvalue weighted by Crippen LogP contribution is -2.11. The van der Waals surface area contributed by atoms with Crippen LogP contribution in [0.1, 0.15) is 12.5 Å². The number of aliphatic imine (C=N–C) groups is 2. The van der Waals surface area contributed by atoms with Gasteiger partial charge in [0.1, 0.15) is 17.3 Å². The first-order chi connectivity index (χ1) is 8.08. The summed E-state index contributed by atoms with van der Waals surface area (Å²) in [5, 5.41) is 7.16. The summed E-state index contributed by atoms with van der Waals surface area (Å²) in [5.41, 5.74) is 6.22. The van der Waals surface area contributed by atoms with Gasteiger partial charge in [-0.15, -0.1) is 0 Å². The molecular weight excluding hydrogens is 219 g/mol. The van der Waals surface area contributed by atoms with Crippen molar-refractivity contribution in [2.75, 3.05) is 0 Å². The van der Waals surface area contributed by atoms with E-state index in [1.54, 1.807) is 26.0 Å². The van der Waals surface area contributed by atoms with Crippen LogP contribution < -0.4 is 5.73 Å². The van der Waals surface area contributed by atoms with E-state index in [0.717, 1.165) is 11.9 Å². The van der Waals surface area contributed by atoms with Gasteiger partial charge in [-0.05, 0) is 24.6 Å². The second kappa shape index (κ2) is 5.89. The molecule has 1 aromatic rings. The van der Waals surface area contributed by atoms with Crippen molar-refractivity contribution in [3.63, 3.8) is 0 Å². The summed E-state index contributed by atoms with van der Waals surface area (Å²) in [6, 6.07) is 4.74. The first-order valence-corrected chi connectivity index (χ1v) is 5.18. The van der Waals surface area contributed by atoms with Crippen molar-refractivity contribution in [1.29, 1.82) is 5.41 Å². The van der Waals surface area contributed by atoms with Gasteiger partial charge in [-0.25, -0.2) is 14.4 Å². The first kappa shape index (κ1) is 13.0. The topological polar surface area (TPSA) is 74.6 Å². The number of benzene rings is 1. The van der Waals surface area contributed by atoms with Gasteiger partial charge in [0.15, 0.2) is 0 Å². The lowest BCUT2D eigenvalue weighted by atomic mass is 10.2. The van der Waals surface area contributed by atoms with Crippen LogP contribution in [0.4, 0.5) is 10.1 Å². The predicted molar refractivity (Wildman–Crippen MR) is 68.9 cm³/mol. The van der Waals surface area contributed by atoms with Crippen molar-refractivity contribution in [3.05, 3.63) is 29.6 Å². The average molecular weight is 234 g/mol. The number of hydrogen-bond acceptors (Lipinski definition) is 2. The molecule has 5 heteroatoms. The summed E-state index contributed by atoms with van der Waals surface area (Å²) in [7, 11) is 0. The summed E-state index contributed by atoms with van der Waals surface area (Å²) in [6.45, 7) is 3.54. The highest BCUT2D eigenvalue weighted by Gasteiger charge is 2.08. The molecular formula is C12H15FN4. The number of hydrogen-bond donors (Lipinski definition) is 2. The van der Waals surface area contributed by atoms with E-state index in [9.17, 15) is 4.39 Å². The summed E-state index contributed by atoms with van der Waals surface area (Å²) < 4.78 is 13.6. The van der Waals surface area contributed by atoms with Crippen LogP contribution in [0, 0.1) is 24.1 Å². The van der Waals surface area contributed by atoms with E-state index in [1.165, 1.54) is 12.3 Å². The van der Waals surface area contributed by atoms with Gasteiger partial charge in [-0.2, -0.15) is 0 Å². The van der Waals surface area contributed by atoms with Crippen molar-refractivity contribution in [2.24, 2.45) is 21.6 Å². The Bertz CT molecular complexity index is 466. The van der Waals surface area contributed by atoms with Crippen LogP contribution in [0.3, 0.4) is 0 Å². The third-order valence-electron chi connectivity index (χ3n) is 2.20. The highest BCUT2D eigenvalue weighted by molar-refractivity contribution is 6.00. The minimum absolute atomic E-state index is 0.199. The van der Waals surface area contributed by atoms with E-state index in [2.05, 4.69) is 9.98 Å². The molecule has 1 aromatic carbocycles. The van der Waals surface area contributed by atoms with Gasteiger partial charge in [0, 0.05) is 6.21 Å². The first-order valence-electron chi connectivity index (χ1n) is 5.18. The van der Waals surface area contributed by atoms with E-state index in [4.69, 9.17) is 11.1 Å². The normalized spacial score (nSPS) is 13.9. The molecule has 0 saturated carbocycles. The molecule has 0 aliphatic rings. The number of rotatable bonds is 3. The fourth-order valence-electron chi connectivity index (χ4n) is 1.23. The molecule has 0 bridgehead atoms. The van der Waals surface area contributed by atoms with Gasteiger partial charge < -0.3 is 11.1 Å². The lowest BCUT2D eigenvalue weighted by Gasteiger charge is -2.05. The van der Waals surface area contributed by atoms with Crippen molar-refractivity contribution in [1.82, 2.24) is 0 Å². The zero-order valence-corrected chi connectivity index (χ0v) is 9.81. The molecule has 0 heterocycles. The maximum atomic E-state index is 13.6. The van der Waals surface area contributed by atoms with Gasteiger partial charge >= 0.3 is 0 Å². The maximum Gasteiger partial charge on any atom is 0.149 e. The SMILES string of the molecule is Cc1ccc(N=C(N=CN)C(C)C=N)c(F)c1. The van der Waals surface area contributed by atoms with Gasteiger partial charge in [0.05, 0.1) is 12.3 Å². The van der Waals surface area contributed by atoms with Crippen LogP contribution in [-0.4, -0.2) is 18.4 Å². The van der Waals surface area contributed by atoms with Crippen LogP contribution in [0.2, 0.25) is 0 Å². The van der Waals surface area contributed by atoms with Crippen molar-refractivity contribution in [2.45, 2.75) is 13.8 Å². The predicted octanol–water partition coefficient (Wildman–Crippen LogP) is 2.44.